The Morgan fingerprint density at radius 3 is 2.33 bits per heavy atom. The molecule has 3 aromatic carbocycles. The van der Waals surface area contributed by atoms with Gasteiger partial charge < -0.3 is 4.74 Å². The lowest BCUT2D eigenvalue weighted by Crippen LogP contribution is -2.36. The molecule has 1 heterocycles. The Kier molecular flexibility index (Phi) is 5.92. The minimum Gasteiger partial charge on any atom is -0.497 e. The summed E-state index contributed by atoms with van der Waals surface area (Å²) in [6.45, 7) is 4.64. The zero-order valence-corrected chi connectivity index (χ0v) is 20.2. The van der Waals surface area contributed by atoms with Crippen molar-refractivity contribution in [3.8, 4) is 16.9 Å². The highest BCUT2D eigenvalue weighted by Crippen LogP contribution is 2.32. The molecule has 4 nitrogen and oxygen atoms in total. The van der Waals surface area contributed by atoms with Crippen molar-refractivity contribution in [1.29, 1.82) is 0 Å². The molecule has 0 aromatic heterocycles. The molecular formula is C24H24INO3S. The van der Waals surface area contributed by atoms with E-state index in [2.05, 4.69) is 46.9 Å². The van der Waals surface area contributed by atoms with E-state index in [9.17, 15) is 8.42 Å². The number of fused-ring (bicyclic) bond motifs is 1. The molecule has 0 bridgehead atoms. The number of benzene rings is 3. The highest BCUT2D eigenvalue weighted by molar-refractivity contribution is 14.1. The van der Waals surface area contributed by atoms with Crippen LogP contribution in [-0.4, -0.2) is 26.4 Å². The summed E-state index contributed by atoms with van der Waals surface area (Å²) in [6, 6.07) is 18.1. The van der Waals surface area contributed by atoms with Gasteiger partial charge in [0.2, 0.25) is 10.0 Å². The first-order valence-corrected chi connectivity index (χ1v) is 12.3. The Balaban J connectivity index is 1.64. The summed E-state index contributed by atoms with van der Waals surface area (Å²) < 4.78 is 34.8. The maximum Gasteiger partial charge on any atom is 0.243 e. The first kappa shape index (κ1) is 21.3. The van der Waals surface area contributed by atoms with Crippen LogP contribution in [0, 0.1) is 17.4 Å². The second-order valence-electron chi connectivity index (χ2n) is 7.67. The van der Waals surface area contributed by atoms with Gasteiger partial charge in [0, 0.05) is 16.7 Å². The van der Waals surface area contributed by atoms with E-state index in [1.165, 1.54) is 5.56 Å². The van der Waals surface area contributed by atoms with E-state index in [0.29, 0.717) is 24.4 Å². The lowest BCUT2D eigenvalue weighted by molar-refractivity contribution is 0.391. The smallest absolute Gasteiger partial charge is 0.243 e. The van der Waals surface area contributed by atoms with E-state index >= 15 is 0 Å². The summed E-state index contributed by atoms with van der Waals surface area (Å²) >= 11 is 2.23. The lowest BCUT2D eigenvalue weighted by atomic mass is 9.95. The largest absolute Gasteiger partial charge is 0.497 e. The number of hydrogen-bond donors (Lipinski definition) is 0. The molecule has 4 rings (SSSR count). The van der Waals surface area contributed by atoms with Crippen LogP contribution in [-0.2, 0) is 23.0 Å². The predicted octanol–water partition coefficient (Wildman–Crippen LogP) is 5.33. The molecule has 30 heavy (non-hydrogen) atoms. The minimum absolute atomic E-state index is 0.404. The molecule has 0 unspecified atom stereocenters. The Labute approximate surface area is 192 Å². The maximum absolute atomic E-state index is 13.4. The molecule has 0 aliphatic carbocycles. The number of nitrogens with zero attached hydrogens (tertiary/aromatic N) is 1. The summed E-state index contributed by atoms with van der Waals surface area (Å²) in [5.74, 6) is 0.825. The van der Waals surface area contributed by atoms with Gasteiger partial charge in [0.25, 0.3) is 0 Å². The van der Waals surface area contributed by atoms with Crippen molar-refractivity contribution in [3.63, 3.8) is 0 Å². The van der Waals surface area contributed by atoms with Crippen molar-refractivity contribution >= 4 is 32.6 Å². The monoisotopic (exact) mass is 533 g/mol. The van der Waals surface area contributed by atoms with Crippen LogP contribution in [0.4, 0.5) is 0 Å². The van der Waals surface area contributed by atoms with E-state index < -0.39 is 10.0 Å². The minimum atomic E-state index is -3.54. The molecule has 0 amide bonds. The second-order valence-corrected chi connectivity index (χ2v) is 10.8. The van der Waals surface area contributed by atoms with Gasteiger partial charge >= 0.3 is 0 Å². The van der Waals surface area contributed by atoms with Crippen LogP contribution < -0.4 is 4.74 Å². The molecule has 0 N–H and O–H groups in total. The molecule has 156 valence electrons. The molecule has 1 aliphatic rings. The van der Waals surface area contributed by atoms with Crippen LogP contribution in [0.3, 0.4) is 0 Å². The number of sulfonamides is 1. The Bertz CT molecular complexity index is 1200. The van der Waals surface area contributed by atoms with Crippen molar-refractivity contribution in [3.05, 3.63) is 80.4 Å². The molecule has 1 aliphatic heterocycles. The summed E-state index contributed by atoms with van der Waals surface area (Å²) in [7, 11) is -1.88. The van der Waals surface area contributed by atoms with Gasteiger partial charge in [0.15, 0.2) is 0 Å². The van der Waals surface area contributed by atoms with Crippen LogP contribution in [0.15, 0.2) is 59.5 Å². The molecule has 3 aromatic rings. The summed E-state index contributed by atoms with van der Waals surface area (Å²) in [5.41, 5.74) is 6.10. The van der Waals surface area contributed by atoms with E-state index in [1.54, 1.807) is 11.4 Å². The van der Waals surface area contributed by atoms with Crippen molar-refractivity contribution in [2.45, 2.75) is 31.7 Å². The number of methoxy groups -OCH3 is 1. The maximum atomic E-state index is 13.4. The lowest BCUT2D eigenvalue weighted by Gasteiger charge is -2.29. The Hall–Kier alpha value is -1.90. The first-order chi connectivity index (χ1) is 14.3. The van der Waals surface area contributed by atoms with Crippen LogP contribution >= 0.6 is 22.6 Å². The fourth-order valence-corrected chi connectivity index (χ4v) is 6.91. The van der Waals surface area contributed by atoms with E-state index in [4.69, 9.17) is 4.74 Å². The summed E-state index contributed by atoms with van der Waals surface area (Å²) in [6.07, 6.45) is 0.703. The highest BCUT2D eigenvalue weighted by Gasteiger charge is 2.31. The quantitative estimate of drug-likeness (QED) is 0.426. The van der Waals surface area contributed by atoms with E-state index in [0.717, 1.165) is 37.1 Å². The third kappa shape index (κ3) is 4.00. The third-order valence-corrected chi connectivity index (χ3v) is 8.38. The van der Waals surface area contributed by atoms with Gasteiger partial charge in [-0.05, 0) is 101 Å². The van der Waals surface area contributed by atoms with Gasteiger partial charge in [-0.15, -0.1) is 0 Å². The van der Waals surface area contributed by atoms with Gasteiger partial charge in [-0.1, -0.05) is 30.3 Å². The fourth-order valence-electron chi connectivity index (χ4n) is 4.15. The average molecular weight is 533 g/mol. The number of rotatable bonds is 4. The zero-order chi connectivity index (χ0) is 21.5. The number of ether oxygens (including phenoxy) is 1. The van der Waals surface area contributed by atoms with Crippen LogP contribution in [0.5, 0.6) is 5.75 Å². The van der Waals surface area contributed by atoms with Crippen molar-refractivity contribution in [2.24, 2.45) is 0 Å². The average Bonchev–Trinajstić information content (AvgIpc) is 2.72. The van der Waals surface area contributed by atoms with Gasteiger partial charge in [-0.25, -0.2) is 8.42 Å². The molecule has 6 heteroatoms. The summed E-state index contributed by atoms with van der Waals surface area (Å²) in [5, 5.41) is 0. The molecule has 0 fully saturated rings. The summed E-state index contributed by atoms with van der Waals surface area (Å²) in [4.78, 5) is 0.444. The fraction of sp³-hybridized carbons (Fsp3) is 0.250. The molecule has 0 spiro atoms. The Morgan fingerprint density at radius 2 is 1.63 bits per heavy atom. The van der Waals surface area contributed by atoms with Crippen LogP contribution in [0.1, 0.15) is 22.3 Å². The van der Waals surface area contributed by atoms with Gasteiger partial charge in [-0.2, -0.15) is 4.31 Å². The predicted molar refractivity (Wildman–Crippen MR) is 128 cm³/mol. The third-order valence-electron chi connectivity index (χ3n) is 5.61. The standard InChI is InChI=1S/C24H24INO3S/c1-16-11-22(25)12-17(2)24(16)30(27,28)26-10-9-20-13-19(7-8-21(20)15-26)18-5-4-6-23(14-18)29-3/h4-8,11-14H,9-10,15H2,1-3H3. The first-order valence-electron chi connectivity index (χ1n) is 9.83. The van der Waals surface area contributed by atoms with Crippen molar-refractivity contribution in [2.75, 3.05) is 13.7 Å². The topological polar surface area (TPSA) is 46.6 Å². The second kappa shape index (κ2) is 8.32. The zero-order valence-electron chi connectivity index (χ0n) is 17.3. The van der Waals surface area contributed by atoms with Gasteiger partial charge in [0.1, 0.15) is 5.75 Å². The van der Waals surface area contributed by atoms with Gasteiger partial charge in [0.05, 0.1) is 12.0 Å². The molecule has 0 radical (unpaired) electrons. The SMILES string of the molecule is COc1cccc(-c2ccc3c(c2)CCN(S(=O)(=O)c2c(C)cc(I)cc2C)C3)c1. The number of aryl methyl sites for hydroxylation is 2. The molecule has 0 saturated carbocycles. The van der Waals surface area contributed by atoms with Gasteiger partial charge in [-0.3, -0.25) is 0 Å². The molecule has 0 atom stereocenters. The Morgan fingerprint density at radius 1 is 0.933 bits per heavy atom. The van der Waals surface area contributed by atoms with Crippen molar-refractivity contribution < 1.29 is 13.2 Å². The van der Waals surface area contributed by atoms with E-state index in [1.807, 2.05) is 44.2 Å². The molecular weight excluding hydrogens is 509 g/mol. The highest BCUT2D eigenvalue weighted by atomic mass is 127. The molecule has 0 saturated heterocycles. The normalized spacial score (nSPS) is 14.4. The number of hydrogen-bond acceptors (Lipinski definition) is 3. The van der Waals surface area contributed by atoms with Crippen molar-refractivity contribution in [1.82, 2.24) is 4.31 Å². The van der Waals surface area contributed by atoms with Crippen LogP contribution in [0.2, 0.25) is 0 Å². The van der Waals surface area contributed by atoms with E-state index in [-0.39, 0.29) is 0 Å². The van der Waals surface area contributed by atoms with Crippen LogP contribution in [0.25, 0.3) is 11.1 Å². The number of halogens is 1.